The Morgan fingerprint density at radius 3 is 2.32 bits per heavy atom. The summed E-state index contributed by atoms with van der Waals surface area (Å²) in [4.78, 5) is 7.38. The van der Waals surface area contributed by atoms with E-state index in [2.05, 4.69) is 15.3 Å². The van der Waals surface area contributed by atoms with Crippen LogP contribution in [0.5, 0.6) is 0 Å². The van der Waals surface area contributed by atoms with Crippen molar-refractivity contribution in [2.24, 2.45) is 0 Å². The van der Waals surface area contributed by atoms with Crippen LogP contribution in [0.1, 0.15) is 11.1 Å². The monoisotopic (exact) mass is 461 g/mol. The minimum absolute atomic E-state index is 0.147. The molecule has 12 heteroatoms. The van der Waals surface area contributed by atoms with Crippen molar-refractivity contribution in [1.82, 2.24) is 9.97 Å². The molecule has 31 heavy (non-hydrogen) atoms. The summed E-state index contributed by atoms with van der Waals surface area (Å²) in [5, 5.41) is 2.43. The number of hydrogen-bond acceptors (Lipinski definition) is 5. The van der Waals surface area contributed by atoms with Gasteiger partial charge in [0.05, 0.1) is 17.5 Å². The summed E-state index contributed by atoms with van der Waals surface area (Å²) in [6.07, 6.45) is -3.23. The summed E-state index contributed by atoms with van der Waals surface area (Å²) in [6, 6.07) is 4.88. The lowest BCUT2D eigenvalue weighted by Gasteiger charge is -2.13. The van der Waals surface area contributed by atoms with Crippen LogP contribution in [0.4, 0.5) is 38.0 Å². The molecule has 0 amide bonds. The van der Waals surface area contributed by atoms with Gasteiger partial charge >= 0.3 is 6.18 Å². The van der Waals surface area contributed by atoms with E-state index in [-0.39, 0.29) is 22.8 Å². The highest BCUT2D eigenvalue weighted by Gasteiger charge is 2.31. The number of hydrogen-bond donors (Lipinski definition) is 1. The van der Waals surface area contributed by atoms with E-state index in [1.165, 1.54) is 0 Å². The fourth-order valence-corrected chi connectivity index (χ4v) is 3.51. The van der Waals surface area contributed by atoms with Gasteiger partial charge in [-0.1, -0.05) is 0 Å². The van der Waals surface area contributed by atoms with Gasteiger partial charge in [-0.2, -0.15) is 13.2 Å². The maximum absolute atomic E-state index is 14.1. The van der Waals surface area contributed by atoms with Crippen molar-refractivity contribution in [2.75, 3.05) is 11.6 Å². The molecule has 0 aliphatic heterocycles. The van der Waals surface area contributed by atoms with Crippen LogP contribution in [0.15, 0.2) is 42.6 Å². The first kappa shape index (κ1) is 22.5. The molecule has 164 valence electrons. The first-order chi connectivity index (χ1) is 14.3. The van der Waals surface area contributed by atoms with E-state index in [4.69, 9.17) is 0 Å². The molecule has 0 fully saturated rings. The van der Waals surface area contributed by atoms with Crippen molar-refractivity contribution in [3.63, 3.8) is 0 Å². The highest BCUT2D eigenvalue weighted by Crippen LogP contribution is 2.33. The van der Waals surface area contributed by atoms with Gasteiger partial charge in [0.25, 0.3) is 0 Å². The molecule has 1 aromatic heterocycles. The Kier molecular flexibility index (Phi) is 5.94. The second kappa shape index (κ2) is 8.17. The lowest BCUT2D eigenvalue weighted by molar-refractivity contribution is -0.137. The summed E-state index contributed by atoms with van der Waals surface area (Å²) >= 11 is 0. The molecular weight excluding hydrogens is 448 g/mol. The lowest BCUT2D eigenvalue weighted by Crippen LogP contribution is -2.09. The van der Waals surface area contributed by atoms with Crippen molar-refractivity contribution in [3.05, 3.63) is 71.2 Å². The molecule has 1 heterocycles. The fraction of sp³-hybridized carbons (Fsp3) is 0.158. The van der Waals surface area contributed by atoms with Gasteiger partial charge in [-0.3, -0.25) is 0 Å². The molecule has 2 aromatic carbocycles. The van der Waals surface area contributed by atoms with Crippen molar-refractivity contribution in [1.29, 1.82) is 0 Å². The van der Waals surface area contributed by atoms with Crippen molar-refractivity contribution in [3.8, 4) is 11.3 Å². The number of sulfone groups is 1. The quantitative estimate of drug-likeness (QED) is 0.549. The van der Waals surface area contributed by atoms with Crippen molar-refractivity contribution < 1.29 is 34.8 Å². The number of anilines is 2. The number of nitrogens with zero attached hydrogens (tertiary/aromatic N) is 2. The number of benzene rings is 2. The molecule has 0 radical (unpaired) electrons. The summed E-state index contributed by atoms with van der Waals surface area (Å²) in [5.41, 5.74) is -2.41. The number of halogens is 6. The second-order valence-corrected chi connectivity index (χ2v) is 8.77. The Balaban J connectivity index is 2.03. The Morgan fingerprint density at radius 2 is 1.71 bits per heavy atom. The van der Waals surface area contributed by atoms with E-state index in [9.17, 15) is 34.8 Å². The molecule has 5 nitrogen and oxygen atoms in total. The van der Waals surface area contributed by atoms with Gasteiger partial charge in [0.1, 0.15) is 17.3 Å². The summed E-state index contributed by atoms with van der Waals surface area (Å²) in [5.74, 6) is -4.07. The van der Waals surface area contributed by atoms with Crippen LogP contribution in [0.25, 0.3) is 11.3 Å². The van der Waals surface area contributed by atoms with Gasteiger partial charge in [-0.05, 0) is 35.9 Å². The Labute approximate surface area is 172 Å². The minimum Gasteiger partial charge on any atom is -0.324 e. The molecule has 0 atom stereocenters. The third kappa shape index (κ3) is 5.72. The maximum atomic E-state index is 14.1. The second-order valence-electron chi connectivity index (χ2n) is 6.63. The van der Waals surface area contributed by atoms with E-state index in [0.29, 0.717) is 24.4 Å². The van der Waals surface area contributed by atoms with Crippen LogP contribution in [-0.2, 0) is 21.8 Å². The van der Waals surface area contributed by atoms with Crippen LogP contribution < -0.4 is 5.32 Å². The normalized spacial score (nSPS) is 12.1. The predicted molar refractivity (Wildman–Crippen MR) is 101 cm³/mol. The highest BCUT2D eigenvalue weighted by molar-refractivity contribution is 7.89. The van der Waals surface area contributed by atoms with E-state index < -0.39 is 50.5 Å². The van der Waals surface area contributed by atoms with Gasteiger partial charge in [0.15, 0.2) is 15.7 Å². The van der Waals surface area contributed by atoms with E-state index in [0.717, 1.165) is 24.5 Å². The van der Waals surface area contributed by atoms with E-state index >= 15 is 0 Å². The lowest BCUT2D eigenvalue weighted by atomic mass is 10.1. The summed E-state index contributed by atoms with van der Waals surface area (Å²) in [7, 11) is -3.63. The van der Waals surface area contributed by atoms with Crippen LogP contribution in [-0.4, -0.2) is 24.6 Å². The van der Waals surface area contributed by atoms with Gasteiger partial charge in [-0.25, -0.2) is 31.6 Å². The molecule has 0 saturated heterocycles. The minimum atomic E-state index is -4.77. The molecule has 0 saturated carbocycles. The Bertz CT molecular complexity index is 1250. The topological polar surface area (TPSA) is 72.0 Å². The number of rotatable bonds is 5. The number of aromatic nitrogens is 2. The summed E-state index contributed by atoms with van der Waals surface area (Å²) < 4.78 is 104. The Morgan fingerprint density at radius 1 is 1.00 bits per heavy atom. The zero-order chi connectivity index (χ0) is 23.0. The molecule has 0 unspecified atom stereocenters. The van der Waals surface area contributed by atoms with Crippen LogP contribution >= 0.6 is 0 Å². The standard InChI is InChI=1S/C19H13F6N3O2S/c1-31(29,30)9-10-4-11(19(23,24)25)6-13(5-10)27-18-26-8-16(22)17(28-18)14-3-2-12(20)7-15(14)21/h2-8H,9H2,1H3,(H,26,27,28). The highest BCUT2D eigenvalue weighted by atomic mass is 32.2. The Hall–Kier alpha value is -3.15. The molecule has 0 bridgehead atoms. The molecule has 3 aromatic rings. The first-order valence-corrected chi connectivity index (χ1v) is 10.5. The van der Waals surface area contributed by atoms with E-state index in [1.54, 1.807) is 0 Å². The SMILES string of the molecule is CS(=O)(=O)Cc1cc(Nc2ncc(F)c(-c3ccc(F)cc3F)n2)cc(C(F)(F)F)c1. The molecule has 1 N–H and O–H groups in total. The van der Waals surface area contributed by atoms with Gasteiger partial charge < -0.3 is 5.32 Å². The molecular formula is C19H13F6N3O2S. The average molecular weight is 461 g/mol. The maximum Gasteiger partial charge on any atom is 0.416 e. The van der Waals surface area contributed by atoms with E-state index in [1.807, 2.05) is 0 Å². The molecule has 0 aliphatic carbocycles. The average Bonchev–Trinajstić information content (AvgIpc) is 2.61. The third-order valence-electron chi connectivity index (χ3n) is 3.94. The largest absolute Gasteiger partial charge is 0.416 e. The predicted octanol–water partition coefficient (Wildman–Crippen LogP) is 4.87. The first-order valence-electron chi connectivity index (χ1n) is 8.46. The van der Waals surface area contributed by atoms with Crippen LogP contribution in [0.2, 0.25) is 0 Å². The smallest absolute Gasteiger partial charge is 0.324 e. The zero-order valence-electron chi connectivity index (χ0n) is 15.6. The number of nitrogens with one attached hydrogen (secondary N) is 1. The zero-order valence-corrected chi connectivity index (χ0v) is 16.5. The van der Waals surface area contributed by atoms with Crippen molar-refractivity contribution in [2.45, 2.75) is 11.9 Å². The van der Waals surface area contributed by atoms with Gasteiger partial charge in [0, 0.05) is 23.6 Å². The fourth-order valence-electron chi connectivity index (χ4n) is 2.74. The summed E-state index contributed by atoms with van der Waals surface area (Å²) in [6.45, 7) is 0. The molecule has 3 rings (SSSR count). The van der Waals surface area contributed by atoms with Crippen molar-refractivity contribution >= 4 is 21.5 Å². The third-order valence-corrected chi connectivity index (χ3v) is 4.79. The van der Waals surface area contributed by atoms with Gasteiger partial charge in [0.2, 0.25) is 5.95 Å². The number of alkyl halides is 3. The molecule has 0 spiro atoms. The van der Waals surface area contributed by atoms with Gasteiger partial charge in [-0.15, -0.1) is 0 Å². The van der Waals surface area contributed by atoms with Crippen LogP contribution in [0, 0.1) is 17.5 Å². The van der Waals surface area contributed by atoms with Crippen LogP contribution in [0.3, 0.4) is 0 Å². The molecule has 0 aliphatic rings.